The van der Waals surface area contributed by atoms with E-state index in [1.165, 1.54) is 7.11 Å². The first-order valence-corrected chi connectivity index (χ1v) is 12.5. The van der Waals surface area contributed by atoms with Gasteiger partial charge in [0.2, 0.25) is 0 Å². The summed E-state index contributed by atoms with van der Waals surface area (Å²) in [5, 5.41) is 7.71. The number of rotatable bonds is 10. The second kappa shape index (κ2) is 11.1. The summed E-state index contributed by atoms with van der Waals surface area (Å²) >= 11 is 0. The van der Waals surface area contributed by atoms with Crippen LogP contribution in [0.15, 0.2) is 48.5 Å². The largest absolute Gasteiger partial charge is 0.469 e. The van der Waals surface area contributed by atoms with Crippen molar-refractivity contribution >= 4 is 35.0 Å². The minimum atomic E-state index is -0.560. The van der Waals surface area contributed by atoms with E-state index in [1.54, 1.807) is 0 Å². The third-order valence-electron chi connectivity index (χ3n) is 6.16. The maximum Gasteiger partial charge on any atom is 0.330 e. The highest BCUT2D eigenvalue weighted by Crippen LogP contribution is 2.31. The van der Waals surface area contributed by atoms with Crippen LogP contribution < -0.4 is 0 Å². The van der Waals surface area contributed by atoms with E-state index < -0.39 is 5.41 Å². The zero-order valence-corrected chi connectivity index (χ0v) is 21.6. The number of carbonyl (C=O) groups excluding carboxylic acids is 2. The lowest BCUT2D eigenvalue weighted by molar-refractivity contribution is -0.206. The summed E-state index contributed by atoms with van der Waals surface area (Å²) in [6.45, 7) is 6.71. The van der Waals surface area contributed by atoms with Crippen molar-refractivity contribution < 1.29 is 19.2 Å². The van der Waals surface area contributed by atoms with Gasteiger partial charge in [-0.25, -0.2) is 4.79 Å². The topological polar surface area (TPSA) is 73.7 Å². The fourth-order valence-corrected chi connectivity index (χ4v) is 3.87. The molecule has 1 aliphatic carbocycles. The molecule has 36 heavy (non-hydrogen) atoms. The molecule has 0 aliphatic heterocycles. The molecule has 7 heteroatoms. The molecule has 1 aliphatic rings. The summed E-state index contributed by atoms with van der Waals surface area (Å²) in [4.78, 5) is 29.9. The second-order valence-corrected chi connectivity index (χ2v) is 10.3. The number of hydrogen-bond acceptors (Lipinski definition) is 6. The number of ether oxygens (including phenoxy) is 1. The van der Waals surface area contributed by atoms with Crippen molar-refractivity contribution in [1.29, 1.82) is 0 Å². The zero-order chi connectivity index (χ0) is 25.7. The van der Waals surface area contributed by atoms with Crippen LogP contribution in [-0.2, 0) is 32.3 Å². The van der Waals surface area contributed by atoms with Gasteiger partial charge in [0.1, 0.15) is 0 Å². The van der Waals surface area contributed by atoms with E-state index in [2.05, 4.69) is 36.4 Å². The van der Waals surface area contributed by atoms with Gasteiger partial charge in [0, 0.05) is 24.4 Å². The van der Waals surface area contributed by atoms with Gasteiger partial charge in [0.15, 0.2) is 0 Å². The van der Waals surface area contributed by atoms with Gasteiger partial charge in [0.05, 0.1) is 30.3 Å². The lowest BCUT2D eigenvalue weighted by Crippen LogP contribution is -2.34. The molecular formula is C29H35N3O4. The number of esters is 1. The molecule has 0 spiro atoms. The minimum absolute atomic E-state index is 0.225. The van der Waals surface area contributed by atoms with E-state index in [0.717, 1.165) is 40.6 Å². The number of hydrogen-bond donors (Lipinski definition) is 0. The second-order valence-electron chi connectivity index (χ2n) is 10.3. The van der Waals surface area contributed by atoms with Crippen LogP contribution in [0.4, 0.5) is 0 Å². The van der Waals surface area contributed by atoms with Crippen LogP contribution in [0.5, 0.6) is 0 Å². The lowest BCUT2D eigenvalue weighted by Gasteiger charge is -2.25. The molecule has 0 N–H and O–H groups in total. The fourth-order valence-electron chi connectivity index (χ4n) is 3.87. The molecule has 1 heterocycles. The van der Waals surface area contributed by atoms with Crippen LogP contribution in [0.2, 0.25) is 0 Å². The van der Waals surface area contributed by atoms with E-state index in [4.69, 9.17) is 14.7 Å². The zero-order valence-electron chi connectivity index (χ0n) is 21.6. The molecule has 190 valence electrons. The van der Waals surface area contributed by atoms with E-state index in [1.807, 2.05) is 54.8 Å². The van der Waals surface area contributed by atoms with Crippen molar-refractivity contribution in [2.45, 2.75) is 65.6 Å². The quantitative estimate of drug-likeness (QED) is 0.272. The maximum atomic E-state index is 12.5. The number of carbonyl (C=O) groups is 2. The number of aryl methyl sites for hydroxylation is 1. The van der Waals surface area contributed by atoms with Gasteiger partial charge < -0.3 is 9.57 Å². The molecule has 0 saturated heterocycles. The summed E-state index contributed by atoms with van der Waals surface area (Å²) in [7, 11) is 1.41. The van der Waals surface area contributed by atoms with Gasteiger partial charge in [0.25, 0.3) is 0 Å². The van der Waals surface area contributed by atoms with Crippen molar-refractivity contribution in [3.63, 3.8) is 0 Å². The van der Waals surface area contributed by atoms with Crippen LogP contribution in [0.3, 0.4) is 0 Å². The molecular weight excluding hydrogens is 454 g/mol. The Labute approximate surface area is 212 Å². The molecule has 1 aromatic heterocycles. The fraction of sp³-hybridized carbons (Fsp3) is 0.414. The molecule has 1 fully saturated rings. The van der Waals surface area contributed by atoms with Crippen LogP contribution in [0.1, 0.15) is 63.3 Å². The Balaban J connectivity index is 1.60. The van der Waals surface area contributed by atoms with Gasteiger partial charge in [-0.3, -0.25) is 9.48 Å². The van der Waals surface area contributed by atoms with Gasteiger partial charge in [-0.05, 0) is 63.3 Å². The predicted molar refractivity (Wildman–Crippen MR) is 140 cm³/mol. The Kier molecular flexibility index (Phi) is 7.89. The average molecular weight is 490 g/mol. The van der Waals surface area contributed by atoms with Crippen molar-refractivity contribution in [3.05, 3.63) is 65.4 Å². The Morgan fingerprint density at radius 1 is 1.11 bits per heavy atom. The molecule has 0 radical (unpaired) electrons. The van der Waals surface area contributed by atoms with E-state index in [-0.39, 0.29) is 18.0 Å². The third kappa shape index (κ3) is 6.61. The number of aromatic nitrogens is 2. The summed E-state index contributed by atoms with van der Waals surface area (Å²) in [6.07, 6.45) is 7.10. The number of methoxy groups -OCH3 is 1. The van der Waals surface area contributed by atoms with Crippen LogP contribution in [-0.4, -0.2) is 39.9 Å². The Morgan fingerprint density at radius 2 is 1.86 bits per heavy atom. The predicted octanol–water partition coefficient (Wildman–Crippen LogP) is 5.63. The first-order chi connectivity index (χ1) is 17.2. The van der Waals surface area contributed by atoms with E-state index >= 15 is 0 Å². The smallest absolute Gasteiger partial charge is 0.330 e. The number of nitrogens with zero attached hydrogens (tertiary/aromatic N) is 3. The molecule has 7 nitrogen and oxygen atoms in total. The first kappa shape index (κ1) is 25.6. The number of benzene rings is 2. The summed E-state index contributed by atoms with van der Waals surface area (Å²) in [5.74, 6) is -0.450. The van der Waals surface area contributed by atoms with Crippen LogP contribution in [0.25, 0.3) is 23.1 Å². The Bertz CT molecular complexity index is 1240. The van der Waals surface area contributed by atoms with Gasteiger partial charge in [-0.15, -0.1) is 5.06 Å². The van der Waals surface area contributed by atoms with E-state index in [9.17, 15) is 9.59 Å². The highest BCUT2D eigenvalue weighted by atomic mass is 16.7. The van der Waals surface area contributed by atoms with E-state index in [0.29, 0.717) is 25.9 Å². The Hall–Kier alpha value is -3.45. The monoisotopic (exact) mass is 489 g/mol. The maximum absolute atomic E-state index is 12.5. The molecule has 1 saturated carbocycles. The van der Waals surface area contributed by atoms with Gasteiger partial charge in [-0.2, -0.15) is 5.10 Å². The van der Waals surface area contributed by atoms with Gasteiger partial charge in [-0.1, -0.05) is 48.5 Å². The summed E-state index contributed by atoms with van der Waals surface area (Å²) in [5.41, 5.74) is 3.45. The molecule has 0 bridgehead atoms. The van der Waals surface area contributed by atoms with Crippen LogP contribution >= 0.6 is 0 Å². The normalized spacial score (nSPS) is 14.0. The van der Waals surface area contributed by atoms with Crippen molar-refractivity contribution in [1.82, 2.24) is 14.8 Å². The lowest BCUT2D eigenvalue weighted by atomic mass is 9.98. The number of hydroxylamine groups is 2. The molecule has 4 rings (SSSR count). The first-order valence-electron chi connectivity index (χ1n) is 12.5. The summed E-state index contributed by atoms with van der Waals surface area (Å²) < 4.78 is 6.74. The molecule has 3 aromatic rings. The van der Waals surface area contributed by atoms with Gasteiger partial charge >= 0.3 is 11.9 Å². The standard InChI is InChI=1S/C29H35N3O4/c1-29(2,3)28(34)36-32(23-14-15-23)20-22-12-16-24-25(17-13-21-9-6-5-7-10-21)30-31(26(24)19-22)18-8-11-27(33)35-4/h5-7,9-10,12-13,16-17,19,23H,8,11,14-15,18,20H2,1-4H3. The summed E-state index contributed by atoms with van der Waals surface area (Å²) in [6, 6.07) is 16.6. The van der Waals surface area contributed by atoms with Crippen molar-refractivity contribution in [3.8, 4) is 0 Å². The SMILES string of the molecule is COC(=O)CCCn1nc(C=Cc2ccccc2)c2ccc(CN(OC(=O)C(C)(C)C)C3CC3)cc21. The number of fused-ring (bicyclic) bond motifs is 1. The average Bonchev–Trinajstić information content (AvgIpc) is 3.65. The van der Waals surface area contributed by atoms with Crippen molar-refractivity contribution in [2.24, 2.45) is 5.41 Å². The molecule has 0 atom stereocenters. The molecule has 2 aromatic carbocycles. The van der Waals surface area contributed by atoms with Crippen LogP contribution in [0, 0.1) is 5.41 Å². The third-order valence-corrected chi connectivity index (χ3v) is 6.16. The highest BCUT2D eigenvalue weighted by molar-refractivity contribution is 5.90. The molecule has 0 amide bonds. The minimum Gasteiger partial charge on any atom is -0.469 e. The highest BCUT2D eigenvalue weighted by Gasteiger charge is 2.35. The Morgan fingerprint density at radius 3 is 2.53 bits per heavy atom. The van der Waals surface area contributed by atoms with Crippen molar-refractivity contribution in [2.75, 3.05) is 7.11 Å². The molecule has 0 unspecified atom stereocenters.